The van der Waals surface area contributed by atoms with Crippen molar-refractivity contribution in [1.29, 1.82) is 0 Å². The van der Waals surface area contributed by atoms with Crippen LogP contribution in [0.25, 0.3) is 0 Å². The number of benzene rings is 1. The Morgan fingerprint density at radius 2 is 1.90 bits per heavy atom. The first-order valence-corrected chi connectivity index (χ1v) is 10.6. The molecule has 0 aliphatic carbocycles. The Morgan fingerprint density at radius 1 is 1.17 bits per heavy atom. The van der Waals surface area contributed by atoms with Crippen LogP contribution in [0.3, 0.4) is 0 Å². The molecule has 168 valence electrons. The number of nitrogens with zero attached hydrogens (tertiary/aromatic N) is 3. The van der Waals surface area contributed by atoms with Crippen molar-refractivity contribution in [3.05, 3.63) is 45.4 Å². The van der Waals surface area contributed by atoms with Crippen LogP contribution in [0.2, 0.25) is 0 Å². The van der Waals surface area contributed by atoms with Gasteiger partial charge in [0, 0.05) is 38.7 Å². The minimum absolute atomic E-state index is 0. The Kier molecular flexibility index (Phi) is 12.9. The fraction of sp³-hybridized carbons (Fsp3) is 0.524. The molecule has 0 saturated carbocycles. The van der Waals surface area contributed by atoms with Gasteiger partial charge in [-0.3, -0.25) is 4.99 Å². The first-order valence-electron chi connectivity index (χ1n) is 9.78. The number of aliphatic imine (C=N–C) groups is 1. The molecule has 9 heteroatoms. The van der Waals surface area contributed by atoms with Gasteiger partial charge in [-0.1, -0.05) is 12.1 Å². The molecule has 2 aromatic rings. The number of ether oxygens (including phenoxy) is 2. The van der Waals surface area contributed by atoms with Gasteiger partial charge < -0.3 is 25.0 Å². The summed E-state index contributed by atoms with van der Waals surface area (Å²) in [6.07, 6.45) is 0. The number of rotatable bonds is 11. The molecule has 0 radical (unpaired) electrons. The summed E-state index contributed by atoms with van der Waals surface area (Å²) in [6.45, 7) is 8.60. The van der Waals surface area contributed by atoms with E-state index in [2.05, 4.69) is 51.6 Å². The van der Waals surface area contributed by atoms with Gasteiger partial charge in [0.15, 0.2) is 5.96 Å². The first-order chi connectivity index (χ1) is 14.0. The van der Waals surface area contributed by atoms with E-state index >= 15 is 0 Å². The minimum atomic E-state index is 0. The number of methoxy groups -OCH3 is 1. The summed E-state index contributed by atoms with van der Waals surface area (Å²) >= 11 is 1.71. The Hall–Kier alpha value is -1.43. The minimum Gasteiger partial charge on any atom is -0.492 e. The lowest BCUT2D eigenvalue weighted by atomic mass is 10.2. The van der Waals surface area contributed by atoms with Crippen molar-refractivity contribution in [2.24, 2.45) is 4.99 Å². The van der Waals surface area contributed by atoms with E-state index < -0.39 is 0 Å². The molecule has 30 heavy (non-hydrogen) atoms. The van der Waals surface area contributed by atoms with Crippen molar-refractivity contribution in [2.75, 3.05) is 47.5 Å². The molecule has 1 heterocycles. The van der Waals surface area contributed by atoms with Crippen molar-refractivity contribution >= 4 is 41.3 Å². The molecule has 1 aromatic carbocycles. The monoisotopic (exact) mass is 547 g/mol. The second-order valence-corrected chi connectivity index (χ2v) is 8.11. The van der Waals surface area contributed by atoms with Crippen LogP contribution in [0.5, 0.6) is 5.75 Å². The molecule has 0 saturated heterocycles. The lowest BCUT2D eigenvalue weighted by Gasteiger charge is -2.16. The van der Waals surface area contributed by atoms with Crippen LogP contribution in [-0.4, -0.2) is 63.4 Å². The summed E-state index contributed by atoms with van der Waals surface area (Å²) in [5, 5.41) is 7.72. The predicted molar refractivity (Wildman–Crippen MR) is 135 cm³/mol. The highest BCUT2D eigenvalue weighted by molar-refractivity contribution is 14.0. The van der Waals surface area contributed by atoms with E-state index in [1.54, 1.807) is 25.5 Å². The van der Waals surface area contributed by atoms with Crippen molar-refractivity contribution in [3.8, 4) is 5.75 Å². The molecule has 7 nitrogen and oxygen atoms in total. The summed E-state index contributed by atoms with van der Waals surface area (Å²) in [6, 6.07) is 8.13. The van der Waals surface area contributed by atoms with Gasteiger partial charge in [0.1, 0.15) is 17.4 Å². The summed E-state index contributed by atoms with van der Waals surface area (Å²) < 4.78 is 11.0. The zero-order chi connectivity index (χ0) is 21.1. The zero-order valence-electron chi connectivity index (χ0n) is 18.5. The van der Waals surface area contributed by atoms with Gasteiger partial charge in [0.05, 0.1) is 18.8 Å². The third kappa shape index (κ3) is 9.59. The van der Waals surface area contributed by atoms with Gasteiger partial charge >= 0.3 is 0 Å². The van der Waals surface area contributed by atoms with Gasteiger partial charge in [0.2, 0.25) is 0 Å². The lowest BCUT2D eigenvalue weighted by Crippen LogP contribution is -2.36. The molecule has 1 aromatic heterocycles. The van der Waals surface area contributed by atoms with Gasteiger partial charge in [-0.2, -0.15) is 0 Å². The number of aryl methyl sites for hydroxylation is 2. The van der Waals surface area contributed by atoms with Crippen LogP contribution in [0, 0.1) is 13.8 Å². The van der Waals surface area contributed by atoms with E-state index in [0.29, 0.717) is 19.7 Å². The highest BCUT2D eigenvalue weighted by Gasteiger charge is 2.05. The fourth-order valence-electron chi connectivity index (χ4n) is 2.60. The smallest absolute Gasteiger partial charge is 0.191 e. The van der Waals surface area contributed by atoms with Gasteiger partial charge in [-0.05, 0) is 38.6 Å². The average molecular weight is 548 g/mol. The third-order valence-electron chi connectivity index (χ3n) is 4.48. The number of likely N-dealkylation sites (N-methyl/N-ethyl adjacent to an activating group) is 1. The summed E-state index contributed by atoms with van der Waals surface area (Å²) in [5.74, 6) is 1.63. The quantitative estimate of drug-likeness (QED) is 0.256. The number of thiazole rings is 1. The number of hydrogen-bond donors (Lipinski definition) is 2. The topological polar surface area (TPSA) is 71.0 Å². The van der Waals surface area contributed by atoms with Crippen molar-refractivity contribution < 1.29 is 9.47 Å². The maximum absolute atomic E-state index is 5.89. The fourth-order valence-corrected chi connectivity index (χ4v) is 3.48. The van der Waals surface area contributed by atoms with Gasteiger partial charge in [-0.25, -0.2) is 4.98 Å². The molecule has 2 N–H and O–H groups in total. The highest BCUT2D eigenvalue weighted by Crippen LogP contribution is 2.16. The molecule has 0 bridgehead atoms. The predicted octanol–water partition coefficient (Wildman–Crippen LogP) is 3.20. The molecule has 2 rings (SSSR count). The van der Waals surface area contributed by atoms with Crippen LogP contribution in [0.4, 0.5) is 0 Å². The molecule has 0 fully saturated rings. The zero-order valence-corrected chi connectivity index (χ0v) is 21.7. The van der Waals surface area contributed by atoms with E-state index in [-0.39, 0.29) is 24.0 Å². The largest absolute Gasteiger partial charge is 0.492 e. The molecule has 0 amide bonds. The Balaban J connectivity index is 0.00000450. The number of aromatic nitrogens is 1. The number of hydrogen-bond acceptors (Lipinski definition) is 6. The SMILES string of the molecule is CN=C(NCc1cccc(OCCN(C)CCOC)c1)NCc1nc(C)c(C)s1.I. The molecule has 0 spiro atoms. The maximum Gasteiger partial charge on any atom is 0.191 e. The molecule has 0 atom stereocenters. The standard InChI is InChI=1S/C21H33N5O2S.HI/c1-16-17(2)29-20(25-16)15-24-21(22-3)23-14-18-7-6-8-19(13-18)28-12-10-26(4)9-11-27-5;/h6-8,13H,9-12,14-15H2,1-5H3,(H2,22,23,24);1H. The Morgan fingerprint density at radius 3 is 2.57 bits per heavy atom. The average Bonchev–Trinajstić information content (AvgIpc) is 3.04. The van der Waals surface area contributed by atoms with Crippen molar-refractivity contribution in [1.82, 2.24) is 20.5 Å². The Labute approximate surface area is 201 Å². The number of nitrogens with one attached hydrogen (secondary N) is 2. The van der Waals surface area contributed by atoms with Crippen LogP contribution >= 0.6 is 35.3 Å². The van der Waals surface area contributed by atoms with E-state index in [9.17, 15) is 0 Å². The van der Waals surface area contributed by atoms with E-state index in [1.165, 1.54) is 4.88 Å². The number of halogens is 1. The molecule has 0 aliphatic rings. The summed E-state index contributed by atoms with van der Waals surface area (Å²) in [7, 11) is 5.55. The molecular formula is C21H34IN5O2S. The molecule has 0 unspecified atom stereocenters. The van der Waals surface area contributed by atoms with Gasteiger partial charge in [0.25, 0.3) is 0 Å². The van der Waals surface area contributed by atoms with Crippen LogP contribution in [0.1, 0.15) is 21.1 Å². The third-order valence-corrected chi connectivity index (χ3v) is 5.55. The van der Waals surface area contributed by atoms with E-state index in [1.807, 2.05) is 19.1 Å². The van der Waals surface area contributed by atoms with Gasteiger partial charge in [-0.15, -0.1) is 35.3 Å². The second-order valence-electron chi connectivity index (χ2n) is 6.82. The maximum atomic E-state index is 5.89. The molecule has 0 aliphatic heterocycles. The second kappa shape index (κ2) is 14.6. The van der Waals surface area contributed by atoms with Crippen molar-refractivity contribution in [3.63, 3.8) is 0 Å². The van der Waals surface area contributed by atoms with Crippen LogP contribution in [0.15, 0.2) is 29.3 Å². The lowest BCUT2D eigenvalue weighted by molar-refractivity contribution is 0.150. The first kappa shape index (κ1) is 26.6. The number of guanidine groups is 1. The summed E-state index contributed by atoms with van der Waals surface area (Å²) in [5.41, 5.74) is 2.23. The van der Waals surface area contributed by atoms with Crippen LogP contribution < -0.4 is 15.4 Å². The molecular weight excluding hydrogens is 513 g/mol. The Bertz CT molecular complexity index is 765. The van der Waals surface area contributed by atoms with E-state index in [0.717, 1.165) is 47.7 Å². The van der Waals surface area contributed by atoms with E-state index in [4.69, 9.17) is 9.47 Å². The highest BCUT2D eigenvalue weighted by atomic mass is 127. The summed E-state index contributed by atoms with van der Waals surface area (Å²) in [4.78, 5) is 12.3. The van der Waals surface area contributed by atoms with Crippen LogP contribution in [-0.2, 0) is 17.8 Å². The normalized spacial score (nSPS) is 11.3. The van der Waals surface area contributed by atoms with Crippen molar-refractivity contribution in [2.45, 2.75) is 26.9 Å².